The van der Waals surface area contributed by atoms with Crippen LogP contribution >= 0.6 is 0 Å². The van der Waals surface area contributed by atoms with E-state index in [0.29, 0.717) is 23.9 Å². The second-order valence-corrected chi connectivity index (χ2v) is 5.49. The maximum atomic E-state index is 12.9. The minimum atomic E-state index is -0.350. The molecule has 0 radical (unpaired) electrons. The lowest BCUT2D eigenvalue weighted by atomic mass is 10.3. The highest BCUT2D eigenvalue weighted by Gasteiger charge is 2.19. The van der Waals surface area contributed by atoms with E-state index < -0.39 is 0 Å². The largest absolute Gasteiger partial charge is 0.484 e. The molecule has 2 heterocycles. The molecule has 8 nitrogen and oxygen atoms in total. The number of halogens is 1. The van der Waals surface area contributed by atoms with Crippen molar-refractivity contribution in [2.45, 2.75) is 26.5 Å². The molecular weight excluding hydrogens is 343 g/mol. The second-order valence-electron chi connectivity index (χ2n) is 5.49. The Kier molecular flexibility index (Phi) is 5.26. The zero-order chi connectivity index (χ0) is 18.5. The van der Waals surface area contributed by atoms with Gasteiger partial charge in [-0.2, -0.15) is 4.98 Å². The van der Waals surface area contributed by atoms with Gasteiger partial charge in [0.1, 0.15) is 17.8 Å². The van der Waals surface area contributed by atoms with Gasteiger partial charge in [0.15, 0.2) is 18.1 Å². The van der Waals surface area contributed by atoms with Crippen LogP contribution in [0.1, 0.15) is 35.0 Å². The molecule has 0 atom stereocenters. The van der Waals surface area contributed by atoms with E-state index in [-0.39, 0.29) is 36.5 Å². The Morgan fingerprint density at radius 1 is 1.23 bits per heavy atom. The maximum Gasteiger partial charge on any atom is 0.275 e. The Balaban J connectivity index is 1.57. The molecule has 0 bridgehead atoms. The maximum absolute atomic E-state index is 12.9. The number of oxazole rings is 1. The van der Waals surface area contributed by atoms with E-state index in [4.69, 9.17) is 13.7 Å². The first-order chi connectivity index (χ1) is 12.5. The zero-order valence-corrected chi connectivity index (χ0v) is 14.3. The fourth-order valence-corrected chi connectivity index (χ4v) is 2.13. The summed E-state index contributed by atoms with van der Waals surface area (Å²) in [7, 11) is 1.60. The first-order valence-electron chi connectivity index (χ1n) is 7.95. The van der Waals surface area contributed by atoms with Crippen molar-refractivity contribution in [1.82, 2.24) is 20.0 Å². The zero-order valence-electron chi connectivity index (χ0n) is 14.3. The van der Waals surface area contributed by atoms with E-state index in [1.54, 1.807) is 7.05 Å². The van der Waals surface area contributed by atoms with Crippen molar-refractivity contribution >= 4 is 5.91 Å². The van der Waals surface area contributed by atoms with Crippen molar-refractivity contribution in [2.24, 2.45) is 0 Å². The van der Waals surface area contributed by atoms with Crippen LogP contribution in [0.25, 0.3) is 0 Å². The fourth-order valence-electron chi connectivity index (χ4n) is 2.13. The lowest BCUT2D eigenvalue weighted by molar-refractivity contribution is 0.0774. The van der Waals surface area contributed by atoms with Crippen LogP contribution in [0.3, 0.4) is 0 Å². The van der Waals surface area contributed by atoms with Gasteiger partial charge in [-0.15, -0.1) is 0 Å². The lowest BCUT2D eigenvalue weighted by Gasteiger charge is -2.12. The summed E-state index contributed by atoms with van der Waals surface area (Å²) in [5.74, 6) is 0.947. The first kappa shape index (κ1) is 17.6. The molecule has 136 valence electrons. The van der Waals surface area contributed by atoms with Gasteiger partial charge >= 0.3 is 0 Å². The number of carbonyl (C=O) groups is 1. The van der Waals surface area contributed by atoms with Gasteiger partial charge in [0, 0.05) is 13.5 Å². The first-order valence-corrected chi connectivity index (χ1v) is 7.95. The van der Waals surface area contributed by atoms with Gasteiger partial charge in [-0.3, -0.25) is 4.79 Å². The van der Waals surface area contributed by atoms with Gasteiger partial charge in [0.25, 0.3) is 5.91 Å². The van der Waals surface area contributed by atoms with Crippen LogP contribution in [0, 0.1) is 5.82 Å². The summed E-state index contributed by atoms with van der Waals surface area (Å²) in [5, 5.41) is 3.81. The Morgan fingerprint density at radius 3 is 2.69 bits per heavy atom. The summed E-state index contributed by atoms with van der Waals surface area (Å²) in [6.07, 6.45) is 1.89. The number of hydrogen-bond acceptors (Lipinski definition) is 7. The van der Waals surface area contributed by atoms with E-state index in [0.717, 1.165) is 0 Å². The third-order valence-electron chi connectivity index (χ3n) is 3.48. The van der Waals surface area contributed by atoms with Crippen LogP contribution in [0.4, 0.5) is 4.39 Å². The molecule has 3 rings (SSSR count). The summed E-state index contributed by atoms with van der Waals surface area (Å²) in [6, 6.07) is 5.56. The average Bonchev–Trinajstić information content (AvgIpc) is 3.30. The number of hydrogen-bond donors (Lipinski definition) is 0. The number of nitrogens with zero attached hydrogens (tertiary/aromatic N) is 4. The summed E-state index contributed by atoms with van der Waals surface area (Å²) < 4.78 is 28.5. The lowest BCUT2D eigenvalue weighted by Crippen LogP contribution is -2.27. The molecule has 2 aromatic heterocycles. The molecule has 0 N–H and O–H groups in total. The number of rotatable bonds is 7. The van der Waals surface area contributed by atoms with E-state index >= 15 is 0 Å². The molecule has 0 fully saturated rings. The van der Waals surface area contributed by atoms with Crippen LogP contribution in [0.2, 0.25) is 0 Å². The minimum Gasteiger partial charge on any atom is -0.484 e. The number of carbonyl (C=O) groups excluding carboxylic acids is 1. The van der Waals surface area contributed by atoms with Gasteiger partial charge in [0.05, 0.1) is 6.54 Å². The van der Waals surface area contributed by atoms with Crippen LogP contribution in [-0.2, 0) is 19.6 Å². The molecule has 1 amide bonds. The van der Waals surface area contributed by atoms with Gasteiger partial charge < -0.3 is 18.6 Å². The molecule has 3 aromatic rings. The molecule has 9 heteroatoms. The average molecular weight is 360 g/mol. The second kappa shape index (κ2) is 7.77. The SMILES string of the molecule is CCc1nc(CN(C)C(=O)c2coc(COc3ccc(F)cc3)n2)no1. The van der Waals surface area contributed by atoms with Crippen LogP contribution in [-0.4, -0.2) is 33.0 Å². The Bertz CT molecular complexity index is 875. The Hall–Kier alpha value is -3.23. The minimum absolute atomic E-state index is 0.0212. The Labute approximate surface area is 148 Å². The molecule has 0 spiro atoms. The number of ether oxygens (including phenoxy) is 1. The molecule has 0 aliphatic carbocycles. The molecule has 0 saturated heterocycles. The quantitative estimate of drug-likeness (QED) is 0.639. The van der Waals surface area contributed by atoms with Crippen molar-refractivity contribution < 1.29 is 22.9 Å². The van der Waals surface area contributed by atoms with Gasteiger partial charge in [-0.25, -0.2) is 9.37 Å². The fraction of sp³-hybridized carbons (Fsp3) is 0.294. The highest BCUT2D eigenvalue weighted by atomic mass is 19.1. The summed E-state index contributed by atoms with van der Waals surface area (Å²) >= 11 is 0. The predicted molar refractivity (Wildman–Crippen MR) is 86.7 cm³/mol. The van der Waals surface area contributed by atoms with Crippen molar-refractivity contribution in [1.29, 1.82) is 0 Å². The van der Waals surface area contributed by atoms with E-state index in [1.807, 2.05) is 6.92 Å². The van der Waals surface area contributed by atoms with Crippen LogP contribution in [0.15, 0.2) is 39.5 Å². The molecule has 0 aliphatic heterocycles. The number of aromatic nitrogens is 3. The van der Waals surface area contributed by atoms with Crippen molar-refractivity contribution in [3.05, 3.63) is 59.6 Å². The summed E-state index contributed by atoms with van der Waals surface area (Å²) in [5.41, 5.74) is 0.143. The van der Waals surface area contributed by atoms with Crippen LogP contribution in [0.5, 0.6) is 5.75 Å². The highest BCUT2D eigenvalue weighted by Crippen LogP contribution is 2.14. The molecular formula is C17H17FN4O4. The molecule has 1 aromatic carbocycles. The van der Waals surface area contributed by atoms with Crippen molar-refractivity contribution in [3.63, 3.8) is 0 Å². The van der Waals surface area contributed by atoms with Crippen molar-refractivity contribution in [2.75, 3.05) is 7.05 Å². The normalized spacial score (nSPS) is 10.7. The van der Waals surface area contributed by atoms with E-state index in [1.165, 1.54) is 35.4 Å². The van der Waals surface area contributed by atoms with Crippen LogP contribution < -0.4 is 4.74 Å². The Morgan fingerprint density at radius 2 is 2.00 bits per heavy atom. The van der Waals surface area contributed by atoms with E-state index in [9.17, 15) is 9.18 Å². The molecule has 0 unspecified atom stereocenters. The van der Waals surface area contributed by atoms with Gasteiger partial charge in [-0.05, 0) is 24.3 Å². The highest BCUT2D eigenvalue weighted by molar-refractivity contribution is 5.91. The monoisotopic (exact) mass is 360 g/mol. The number of benzene rings is 1. The molecule has 0 saturated carbocycles. The molecule has 0 aliphatic rings. The van der Waals surface area contributed by atoms with Gasteiger partial charge in [0.2, 0.25) is 11.8 Å². The number of amides is 1. The number of aryl methyl sites for hydroxylation is 1. The van der Waals surface area contributed by atoms with E-state index in [2.05, 4.69) is 15.1 Å². The summed E-state index contributed by atoms with van der Waals surface area (Å²) in [4.78, 5) is 22.1. The third-order valence-corrected chi connectivity index (χ3v) is 3.48. The van der Waals surface area contributed by atoms with Gasteiger partial charge in [-0.1, -0.05) is 12.1 Å². The smallest absolute Gasteiger partial charge is 0.275 e. The predicted octanol–water partition coefficient (Wildman–Crippen LogP) is 2.61. The standard InChI is InChI=1S/C17H17FN4O4/c1-3-15-20-14(21-26-15)8-22(2)17(23)13-9-25-16(19-13)10-24-12-6-4-11(18)5-7-12/h4-7,9H,3,8,10H2,1-2H3. The van der Waals surface area contributed by atoms with Crippen molar-refractivity contribution in [3.8, 4) is 5.75 Å². The molecule has 26 heavy (non-hydrogen) atoms. The topological polar surface area (TPSA) is 94.5 Å². The summed E-state index contributed by atoms with van der Waals surface area (Å²) in [6.45, 7) is 2.11. The third kappa shape index (κ3) is 4.24.